The van der Waals surface area contributed by atoms with Gasteiger partial charge in [0, 0.05) is 25.2 Å². The van der Waals surface area contributed by atoms with Gasteiger partial charge in [0.05, 0.1) is 25.3 Å². The molecule has 0 aliphatic carbocycles. The summed E-state index contributed by atoms with van der Waals surface area (Å²) in [5, 5.41) is 7.36. The van der Waals surface area contributed by atoms with Crippen LogP contribution in [0.5, 0.6) is 11.5 Å². The molecule has 0 bridgehead atoms. The number of benzene rings is 1. The van der Waals surface area contributed by atoms with Crippen molar-refractivity contribution in [3.63, 3.8) is 0 Å². The third-order valence-corrected chi connectivity index (χ3v) is 6.61. The number of aromatic amines is 1. The van der Waals surface area contributed by atoms with Crippen molar-refractivity contribution in [3.05, 3.63) is 40.7 Å². The van der Waals surface area contributed by atoms with Crippen LogP contribution in [0.3, 0.4) is 0 Å². The molecule has 1 N–H and O–H groups in total. The van der Waals surface area contributed by atoms with Gasteiger partial charge in [-0.2, -0.15) is 5.10 Å². The lowest BCUT2D eigenvalue weighted by Crippen LogP contribution is -2.43. The number of amides is 2. The molecular weight excluding hydrogens is 396 g/mol. The van der Waals surface area contributed by atoms with E-state index in [-0.39, 0.29) is 17.7 Å². The monoisotopic (exact) mass is 424 g/mol. The van der Waals surface area contributed by atoms with Crippen molar-refractivity contribution in [1.29, 1.82) is 0 Å². The molecule has 8 nitrogen and oxygen atoms in total. The molecule has 1 atom stereocenters. The lowest BCUT2D eigenvalue weighted by atomic mass is 9.94. The van der Waals surface area contributed by atoms with E-state index in [4.69, 9.17) is 9.47 Å². The molecule has 1 unspecified atom stereocenters. The van der Waals surface area contributed by atoms with Crippen molar-refractivity contribution < 1.29 is 19.1 Å². The lowest BCUT2D eigenvalue weighted by molar-refractivity contribution is -0.137. The summed E-state index contributed by atoms with van der Waals surface area (Å²) in [6, 6.07) is 5.71. The standard InChI is InChI=1S/C23H28N4O4/c1-30-17-5-6-20-15(12-17)11-16(14-31-20)22(28)27-10-7-18-19(13-27)24-25-21(18)23(29)26-8-3-2-4-9-26/h5-6,12,16H,2-4,7-11,13-14H2,1H3,(H,24,25). The minimum absolute atomic E-state index is 0.0169. The average molecular weight is 425 g/mol. The topological polar surface area (TPSA) is 87.8 Å². The molecule has 5 rings (SSSR count). The van der Waals surface area contributed by atoms with Gasteiger partial charge in [-0.05, 0) is 55.9 Å². The Labute approximate surface area is 181 Å². The maximum atomic E-state index is 13.2. The second-order valence-electron chi connectivity index (χ2n) is 8.58. The number of hydrogen-bond donors (Lipinski definition) is 1. The van der Waals surface area contributed by atoms with E-state index < -0.39 is 0 Å². The third-order valence-electron chi connectivity index (χ3n) is 6.61. The van der Waals surface area contributed by atoms with Crippen LogP contribution in [0.15, 0.2) is 18.2 Å². The molecule has 0 radical (unpaired) electrons. The quantitative estimate of drug-likeness (QED) is 0.816. The first-order valence-electron chi connectivity index (χ1n) is 11.1. The van der Waals surface area contributed by atoms with Gasteiger partial charge < -0.3 is 19.3 Å². The van der Waals surface area contributed by atoms with E-state index in [9.17, 15) is 9.59 Å². The zero-order chi connectivity index (χ0) is 21.4. The summed E-state index contributed by atoms with van der Waals surface area (Å²) in [6.07, 6.45) is 4.57. The number of hydrogen-bond acceptors (Lipinski definition) is 5. The number of carbonyl (C=O) groups excluding carboxylic acids is 2. The van der Waals surface area contributed by atoms with Gasteiger partial charge in [0.1, 0.15) is 18.1 Å². The predicted octanol–water partition coefficient (Wildman–Crippen LogP) is 2.18. The molecule has 3 aliphatic heterocycles. The fourth-order valence-electron chi connectivity index (χ4n) is 4.84. The molecule has 8 heteroatoms. The Bertz CT molecular complexity index is 995. The first-order valence-corrected chi connectivity index (χ1v) is 11.1. The van der Waals surface area contributed by atoms with Crippen LogP contribution in [0.2, 0.25) is 0 Å². The van der Waals surface area contributed by atoms with Gasteiger partial charge in [-0.15, -0.1) is 0 Å². The van der Waals surface area contributed by atoms with Crippen molar-refractivity contribution in [2.75, 3.05) is 33.4 Å². The van der Waals surface area contributed by atoms with Gasteiger partial charge in [0.15, 0.2) is 5.69 Å². The molecule has 1 saturated heterocycles. The number of methoxy groups -OCH3 is 1. The van der Waals surface area contributed by atoms with Crippen LogP contribution in [0.1, 0.15) is 46.6 Å². The van der Waals surface area contributed by atoms with Crippen LogP contribution in [0.25, 0.3) is 0 Å². The second-order valence-corrected chi connectivity index (χ2v) is 8.58. The van der Waals surface area contributed by atoms with E-state index in [0.29, 0.717) is 38.2 Å². The summed E-state index contributed by atoms with van der Waals surface area (Å²) in [4.78, 5) is 29.9. The van der Waals surface area contributed by atoms with Crippen LogP contribution in [0.4, 0.5) is 0 Å². The molecular formula is C23H28N4O4. The minimum Gasteiger partial charge on any atom is -0.497 e. The summed E-state index contributed by atoms with van der Waals surface area (Å²) in [7, 11) is 1.63. The molecule has 0 spiro atoms. The highest BCUT2D eigenvalue weighted by Gasteiger charge is 2.34. The van der Waals surface area contributed by atoms with E-state index >= 15 is 0 Å². The van der Waals surface area contributed by atoms with E-state index in [1.54, 1.807) is 7.11 Å². The molecule has 164 valence electrons. The van der Waals surface area contributed by atoms with E-state index in [0.717, 1.165) is 54.3 Å². The van der Waals surface area contributed by atoms with Gasteiger partial charge in [0.2, 0.25) is 5.91 Å². The van der Waals surface area contributed by atoms with E-state index in [1.807, 2.05) is 28.0 Å². The van der Waals surface area contributed by atoms with Crippen molar-refractivity contribution in [1.82, 2.24) is 20.0 Å². The number of nitrogens with one attached hydrogen (secondary N) is 1. The molecule has 1 aromatic carbocycles. The summed E-state index contributed by atoms with van der Waals surface area (Å²) < 4.78 is 11.2. The largest absolute Gasteiger partial charge is 0.497 e. The summed E-state index contributed by atoms with van der Waals surface area (Å²) in [5.41, 5.74) is 3.37. The van der Waals surface area contributed by atoms with Crippen LogP contribution < -0.4 is 9.47 Å². The molecule has 0 saturated carbocycles. The van der Waals surface area contributed by atoms with E-state index in [2.05, 4.69) is 10.2 Å². The Kier molecular flexibility index (Phi) is 5.29. The Balaban J connectivity index is 1.27. The number of carbonyl (C=O) groups is 2. The maximum Gasteiger partial charge on any atom is 0.274 e. The lowest BCUT2D eigenvalue weighted by Gasteiger charge is -2.33. The summed E-state index contributed by atoms with van der Waals surface area (Å²) in [6.45, 7) is 3.03. The number of H-pyrrole nitrogens is 1. The number of likely N-dealkylation sites (tertiary alicyclic amines) is 1. The Morgan fingerprint density at radius 3 is 2.81 bits per heavy atom. The molecule has 2 amide bonds. The zero-order valence-corrected chi connectivity index (χ0v) is 17.9. The maximum absolute atomic E-state index is 13.2. The first kappa shape index (κ1) is 19.9. The van der Waals surface area contributed by atoms with Gasteiger partial charge in [-0.25, -0.2) is 0 Å². The molecule has 4 heterocycles. The smallest absolute Gasteiger partial charge is 0.274 e. The van der Waals surface area contributed by atoms with Gasteiger partial charge in [-0.3, -0.25) is 14.7 Å². The van der Waals surface area contributed by atoms with Gasteiger partial charge in [0.25, 0.3) is 5.91 Å². The number of fused-ring (bicyclic) bond motifs is 2. The molecule has 31 heavy (non-hydrogen) atoms. The van der Waals surface area contributed by atoms with Crippen molar-refractivity contribution in [3.8, 4) is 11.5 Å². The Morgan fingerprint density at radius 2 is 2.00 bits per heavy atom. The Hall–Kier alpha value is -3.03. The Morgan fingerprint density at radius 1 is 1.16 bits per heavy atom. The van der Waals surface area contributed by atoms with Crippen molar-refractivity contribution >= 4 is 11.8 Å². The summed E-state index contributed by atoms with van der Waals surface area (Å²) in [5.74, 6) is 1.46. The molecule has 3 aliphatic rings. The fourth-order valence-corrected chi connectivity index (χ4v) is 4.84. The zero-order valence-electron chi connectivity index (χ0n) is 17.9. The highest BCUT2D eigenvalue weighted by Crippen LogP contribution is 2.32. The molecule has 1 fully saturated rings. The van der Waals surface area contributed by atoms with Crippen molar-refractivity contribution in [2.24, 2.45) is 5.92 Å². The number of aromatic nitrogens is 2. The summed E-state index contributed by atoms with van der Waals surface area (Å²) >= 11 is 0. The molecule has 1 aromatic heterocycles. The van der Waals surface area contributed by atoms with Crippen LogP contribution in [-0.4, -0.2) is 65.2 Å². The highest BCUT2D eigenvalue weighted by molar-refractivity contribution is 5.94. The third kappa shape index (κ3) is 3.75. The van der Waals surface area contributed by atoms with Crippen molar-refractivity contribution in [2.45, 2.75) is 38.6 Å². The average Bonchev–Trinajstić information content (AvgIpc) is 3.26. The van der Waals surface area contributed by atoms with Crippen LogP contribution in [-0.2, 0) is 24.2 Å². The number of ether oxygens (including phenoxy) is 2. The molecule has 2 aromatic rings. The number of rotatable bonds is 3. The second kappa shape index (κ2) is 8.24. The highest BCUT2D eigenvalue weighted by atomic mass is 16.5. The van der Waals surface area contributed by atoms with E-state index in [1.165, 1.54) is 6.42 Å². The van der Waals surface area contributed by atoms with Gasteiger partial charge >= 0.3 is 0 Å². The number of piperidine rings is 1. The normalized spacial score (nSPS) is 20.5. The van der Waals surface area contributed by atoms with Gasteiger partial charge in [-0.1, -0.05) is 0 Å². The van der Waals surface area contributed by atoms with Crippen LogP contribution in [0, 0.1) is 5.92 Å². The first-order chi connectivity index (χ1) is 15.1. The minimum atomic E-state index is -0.224. The predicted molar refractivity (Wildman–Crippen MR) is 113 cm³/mol. The fraction of sp³-hybridized carbons (Fsp3) is 0.522. The number of nitrogens with zero attached hydrogens (tertiary/aromatic N) is 3. The van der Waals surface area contributed by atoms with Crippen LogP contribution >= 0.6 is 0 Å². The SMILES string of the molecule is COc1ccc2c(c1)CC(C(=O)N1CCc3c(C(=O)N4CCCCC4)n[nH]c3C1)CO2.